The summed E-state index contributed by atoms with van der Waals surface area (Å²) in [5.41, 5.74) is 4.04. The zero-order valence-electron chi connectivity index (χ0n) is 17.4. The van der Waals surface area contributed by atoms with Gasteiger partial charge in [0.05, 0.1) is 18.0 Å². The smallest absolute Gasteiger partial charge is 0.119 e. The van der Waals surface area contributed by atoms with Crippen molar-refractivity contribution in [2.24, 2.45) is 16.1 Å². The Morgan fingerprint density at radius 2 is 1.31 bits per heavy atom. The van der Waals surface area contributed by atoms with Crippen LogP contribution in [0.5, 0.6) is 5.75 Å². The molecule has 0 saturated carbocycles. The number of benzene rings is 3. The van der Waals surface area contributed by atoms with Crippen molar-refractivity contribution in [2.45, 2.75) is 39.5 Å². The van der Waals surface area contributed by atoms with Gasteiger partial charge in [0.1, 0.15) is 5.75 Å². The molecule has 3 rings (SSSR count). The molecule has 1 atom stereocenters. The lowest BCUT2D eigenvalue weighted by molar-refractivity contribution is 0.233. The zero-order valence-corrected chi connectivity index (χ0v) is 17.4. The van der Waals surface area contributed by atoms with E-state index in [2.05, 4.69) is 48.3 Å². The molecule has 3 aromatic carbocycles. The summed E-state index contributed by atoms with van der Waals surface area (Å²) in [6.45, 7) is 5.25. The van der Waals surface area contributed by atoms with Crippen LogP contribution in [0, 0.1) is 5.92 Å². The molecule has 0 heterocycles. The summed E-state index contributed by atoms with van der Waals surface area (Å²) in [7, 11) is 0. The highest BCUT2D eigenvalue weighted by atomic mass is 16.5. The lowest BCUT2D eigenvalue weighted by Gasteiger charge is -2.15. The molecule has 1 unspecified atom stereocenters. The largest absolute Gasteiger partial charge is 0.493 e. The summed E-state index contributed by atoms with van der Waals surface area (Å²) in [5.74, 6) is 1.53. The molecule has 0 saturated heterocycles. The predicted octanol–water partition coefficient (Wildman–Crippen LogP) is 8.36. The first kappa shape index (κ1) is 20.8. The molecule has 0 radical (unpaired) electrons. The van der Waals surface area contributed by atoms with Crippen molar-refractivity contribution in [3.8, 4) is 16.9 Å². The minimum Gasteiger partial charge on any atom is -0.493 e. The number of ether oxygens (including phenoxy) is 1. The van der Waals surface area contributed by atoms with Crippen molar-refractivity contribution in [1.29, 1.82) is 0 Å². The summed E-state index contributed by atoms with van der Waals surface area (Å²) >= 11 is 0. The van der Waals surface area contributed by atoms with Crippen molar-refractivity contribution in [1.82, 2.24) is 0 Å². The second kappa shape index (κ2) is 11.2. The molecule has 3 heteroatoms. The Hall–Kier alpha value is -2.94. The standard InChI is InChI=1S/C26H30N2O/c1-3-5-9-21(4-2)20-29-26-18-16-25(17-19-26)28-27-24-14-12-23(13-15-24)22-10-7-6-8-11-22/h6-8,10-19,21H,3-5,9,20H2,1-2H3/b28-27+. The number of unbranched alkanes of at least 4 members (excludes halogenated alkanes) is 1. The fourth-order valence-electron chi connectivity index (χ4n) is 3.19. The van der Waals surface area contributed by atoms with Gasteiger partial charge in [0.25, 0.3) is 0 Å². The minimum absolute atomic E-state index is 0.633. The highest BCUT2D eigenvalue weighted by molar-refractivity contribution is 5.65. The molecule has 0 aliphatic heterocycles. The quantitative estimate of drug-likeness (QED) is 0.322. The molecular formula is C26H30N2O. The number of hydrogen-bond donors (Lipinski definition) is 0. The Kier molecular flexibility index (Phi) is 8.00. The van der Waals surface area contributed by atoms with Crippen LogP contribution in [0.1, 0.15) is 39.5 Å². The molecule has 0 amide bonds. The van der Waals surface area contributed by atoms with Crippen LogP contribution in [0.25, 0.3) is 11.1 Å². The van der Waals surface area contributed by atoms with Crippen molar-refractivity contribution in [3.05, 3.63) is 78.9 Å². The Bertz CT molecular complexity index is 871. The summed E-state index contributed by atoms with van der Waals surface area (Å²) in [4.78, 5) is 0. The van der Waals surface area contributed by atoms with Crippen molar-refractivity contribution < 1.29 is 4.74 Å². The van der Waals surface area contributed by atoms with Gasteiger partial charge in [-0.15, -0.1) is 0 Å². The first-order chi connectivity index (χ1) is 14.3. The van der Waals surface area contributed by atoms with E-state index in [9.17, 15) is 0 Å². The normalized spacial score (nSPS) is 12.2. The van der Waals surface area contributed by atoms with Gasteiger partial charge in [-0.05, 0) is 59.9 Å². The van der Waals surface area contributed by atoms with Gasteiger partial charge in [-0.2, -0.15) is 10.2 Å². The van der Waals surface area contributed by atoms with Crippen molar-refractivity contribution >= 4 is 11.4 Å². The van der Waals surface area contributed by atoms with Crippen LogP contribution in [-0.2, 0) is 0 Å². The number of hydrogen-bond acceptors (Lipinski definition) is 3. The molecule has 0 aromatic heterocycles. The molecule has 0 N–H and O–H groups in total. The van der Waals surface area contributed by atoms with Gasteiger partial charge in [-0.1, -0.05) is 75.6 Å². The molecule has 150 valence electrons. The van der Waals surface area contributed by atoms with E-state index in [1.165, 1.54) is 30.4 Å². The van der Waals surface area contributed by atoms with Crippen LogP contribution in [0.2, 0.25) is 0 Å². The number of azo groups is 1. The van der Waals surface area contributed by atoms with Gasteiger partial charge >= 0.3 is 0 Å². The molecule has 0 spiro atoms. The van der Waals surface area contributed by atoms with Gasteiger partial charge in [-0.3, -0.25) is 0 Å². The highest BCUT2D eigenvalue weighted by Crippen LogP contribution is 2.25. The van der Waals surface area contributed by atoms with Crippen LogP contribution in [0.3, 0.4) is 0 Å². The zero-order chi connectivity index (χ0) is 20.3. The van der Waals surface area contributed by atoms with Gasteiger partial charge < -0.3 is 4.74 Å². The van der Waals surface area contributed by atoms with E-state index in [4.69, 9.17) is 4.74 Å². The first-order valence-electron chi connectivity index (χ1n) is 10.6. The molecule has 0 aliphatic rings. The summed E-state index contributed by atoms with van der Waals surface area (Å²) < 4.78 is 5.96. The van der Waals surface area contributed by atoms with Crippen LogP contribution in [0.15, 0.2) is 89.1 Å². The molecule has 3 aromatic rings. The first-order valence-corrected chi connectivity index (χ1v) is 10.6. The fourth-order valence-corrected chi connectivity index (χ4v) is 3.19. The molecule has 0 aliphatic carbocycles. The Morgan fingerprint density at radius 1 is 0.724 bits per heavy atom. The second-order valence-electron chi connectivity index (χ2n) is 7.33. The summed E-state index contributed by atoms with van der Waals surface area (Å²) in [5, 5.41) is 8.69. The van der Waals surface area contributed by atoms with E-state index >= 15 is 0 Å². The summed E-state index contributed by atoms with van der Waals surface area (Å²) in [6, 6.07) is 26.3. The van der Waals surface area contributed by atoms with Crippen LogP contribution < -0.4 is 4.74 Å². The third kappa shape index (κ3) is 6.56. The number of rotatable bonds is 10. The maximum Gasteiger partial charge on any atom is 0.119 e. The van der Waals surface area contributed by atoms with E-state index in [1.54, 1.807) is 0 Å². The molecule has 3 nitrogen and oxygen atoms in total. The third-order valence-electron chi connectivity index (χ3n) is 5.12. The number of nitrogens with zero attached hydrogens (tertiary/aromatic N) is 2. The molecule has 29 heavy (non-hydrogen) atoms. The van der Waals surface area contributed by atoms with Crippen molar-refractivity contribution in [3.63, 3.8) is 0 Å². The fraction of sp³-hybridized carbons (Fsp3) is 0.308. The van der Waals surface area contributed by atoms with Gasteiger partial charge in [0, 0.05) is 0 Å². The SMILES string of the molecule is CCCCC(CC)COc1ccc(/N=N/c2ccc(-c3ccccc3)cc2)cc1. The Labute approximate surface area is 174 Å². The highest BCUT2D eigenvalue weighted by Gasteiger charge is 2.07. The minimum atomic E-state index is 0.633. The average Bonchev–Trinajstić information content (AvgIpc) is 2.79. The maximum atomic E-state index is 5.96. The van der Waals surface area contributed by atoms with Crippen molar-refractivity contribution in [2.75, 3.05) is 6.61 Å². The lowest BCUT2D eigenvalue weighted by Crippen LogP contribution is -2.11. The summed E-state index contributed by atoms with van der Waals surface area (Å²) in [6.07, 6.45) is 4.91. The van der Waals surface area contributed by atoms with Gasteiger partial charge in [0.2, 0.25) is 0 Å². The van der Waals surface area contributed by atoms with E-state index in [0.717, 1.165) is 30.2 Å². The van der Waals surface area contributed by atoms with Crippen LogP contribution in [-0.4, -0.2) is 6.61 Å². The Balaban J connectivity index is 1.54. The van der Waals surface area contributed by atoms with E-state index in [0.29, 0.717) is 5.92 Å². The van der Waals surface area contributed by atoms with Crippen LogP contribution >= 0.6 is 0 Å². The average molecular weight is 387 g/mol. The topological polar surface area (TPSA) is 34.0 Å². The molecule has 0 fully saturated rings. The second-order valence-corrected chi connectivity index (χ2v) is 7.33. The monoisotopic (exact) mass is 386 g/mol. The molecule has 0 bridgehead atoms. The van der Waals surface area contributed by atoms with E-state index in [1.807, 2.05) is 54.6 Å². The van der Waals surface area contributed by atoms with Gasteiger partial charge in [-0.25, -0.2) is 0 Å². The third-order valence-corrected chi connectivity index (χ3v) is 5.12. The van der Waals surface area contributed by atoms with Gasteiger partial charge in [0.15, 0.2) is 0 Å². The molecular weight excluding hydrogens is 356 g/mol. The lowest BCUT2D eigenvalue weighted by atomic mass is 10.0. The predicted molar refractivity (Wildman–Crippen MR) is 121 cm³/mol. The Morgan fingerprint density at radius 3 is 1.90 bits per heavy atom. The van der Waals surface area contributed by atoms with E-state index in [-0.39, 0.29) is 0 Å². The maximum absolute atomic E-state index is 5.96. The van der Waals surface area contributed by atoms with E-state index < -0.39 is 0 Å². The van der Waals surface area contributed by atoms with Crippen LogP contribution in [0.4, 0.5) is 11.4 Å².